The summed E-state index contributed by atoms with van der Waals surface area (Å²) >= 11 is 1.86. The van der Waals surface area contributed by atoms with Crippen LogP contribution in [0.5, 0.6) is 5.75 Å². The van der Waals surface area contributed by atoms with Crippen molar-refractivity contribution in [3.05, 3.63) is 65.7 Å². The van der Waals surface area contributed by atoms with Gasteiger partial charge in [-0.2, -0.15) is 11.8 Å². The van der Waals surface area contributed by atoms with Crippen LogP contribution in [-0.4, -0.2) is 17.1 Å². The molecule has 1 nitrogen and oxygen atoms in total. The Morgan fingerprint density at radius 2 is 1.72 bits per heavy atom. The summed E-state index contributed by atoms with van der Waals surface area (Å²) in [6.07, 6.45) is 3.22. The van der Waals surface area contributed by atoms with Crippen LogP contribution in [-0.2, 0) is 0 Å². The van der Waals surface area contributed by atoms with Gasteiger partial charge in [-0.1, -0.05) is 42.5 Å². The Hall–Kier alpha value is -1.41. The van der Waals surface area contributed by atoms with E-state index in [1.54, 1.807) is 6.07 Å². The molecular weight excluding hydrogens is 240 g/mol. The number of hydrogen-bond acceptors (Lipinski definition) is 2. The van der Waals surface area contributed by atoms with Crippen LogP contribution in [0.15, 0.2) is 54.6 Å². The standard InChI is InChI=1S/C16H18OS/c1-18-11-10-16(13-6-3-2-4-7-13)14-8-5-9-15(17)12-14/h2-9,12,16-17H,10-11H2,1H3. The summed E-state index contributed by atoms with van der Waals surface area (Å²) in [6.45, 7) is 0. The average Bonchev–Trinajstić information content (AvgIpc) is 2.40. The first-order valence-electron chi connectivity index (χ1n) is 6.14. The van der Waals surface area contributed by atoms with Gasteiger partial charge in [0.05, 0.1) is 0 Å². The van der Waals surface area contributed by atoms with Gasteiger partial charge in [-0.15, -0.1) is 0 Å². The predicted octanol–water partition coefficient (Wildman–Crippen LogP) is 4.28. The van der Waals surface area contributed by atoms with Gasteiger partial charge in [0, 0.05) is 5.92 Å². The molecule has 0 spiro atoms. The SMILES string of the molecule is CSCCC(c1ccccc1)c1cccc(O)c1. The molecule has 0 fully saturated rings. The molecule has 0 aromatic heterocycles. The largest absolute Gasteiger partial charge is 0.508 e. The van der Waals surface area contributed by atoms with E-state index >= 15 is 0 Å². The summed E-state index contributed by atoms with van der Waals surface area (Å²) in [4.78, 5) is 0. The van der Waals surface area contributed by atoms with E-state index in [1.165, 1.54) is 11.1 Å². The van der Waals surface area contributed by atoms with E-state index in [9.17, 15) is 5.11 Å². The Morgan fingerprint density at radius 3 is 2.39 bits per heavy atom. The highest BCUT2D eigenvalue weighted by Crippen LogP contribution is 2.30. The van der Waals surface area contributed by atoms with Gasteiger partial charge in [-0.25, -0.2) is 0 Å². The van der Waals surface area contributed by atoms with E-state index in [2.05, 4.69) is 36.6 Å². The maximum atomic E-state index is 9.63. The van der Waals surface area contributed by atoms with Gasteiger partial charge in [-0.05, 0) is 41.7 Å². The molecule has 18 heavy (non-hydrogen) atoms. The van der Waals surface area contributed by atoms with Crippen molar-refractivity contribution in [1.82, 2.24) is 0 Å². The van der Waals surface area contributed by atoms with Crippen molar-refractivity contribution >= 4 is 11.8 Å². The highest BCUT2D eigenvalue weighted by atomic mass is 32.2. The van der Waals surface area contributed by atoms with Crippen LogP contribution in [0, 0.1) is 0 Å². The van der Waals surface area contributed by atoms with Crippen molar-refractivity contribution in [2.75, 3.05) is 12.0 Å². The first kappa shape index (κ1) is 13.0. The van der Waals surface area contributed by atoms with Gasteiger partial charge in [0.25, 0.3) is 0 Å². The second-order valence-electron chi connectivity index (χ2n) is 4.34. The zero-order chi connectivity index (χ0) is 12.8. The van der Waals surface area contributed by atoms with E-state index < -0.39 is 0 Å². The molecule has 0 aliphatic rings. The monoisotopic (exact) mass is 258 g/mol. The van der Waals surface area contributed by atoms with Gasteiger partial charge in [0.1, 0.15) is 5.75 Å². The van der Waals surface area contributed by atoms with E-state index in [1.807, 2.05) is 30.0 Å². The zero-order valence-corrected chi connectivity index (χ0v) is 11.4. The van der Waals surface area contributed by atoms with Crippen molar-refractivity contribution in [3.8, 4) is 5.75 Å². The molecule has 2 aromatic rings. The third-order valence-electron chi connectivity index (χ3n) is 3.09. The number of aromatic hydroxyl groups is 1. The Kier molecular flexibility index (Phi) is 4.71. The molecular formula is C16H18OS. The molecule has 0 heterocycles. The summed E-state index contributed by atoms with van der Waals surface area (Å²) in [5, 5.41) is 9.63. The van der Waals surface area contributed by atoms with Crippen LogP contribution >= 0.6 is 11.8 Å². The lowest BCUT2D eigenvalue weighted by molar-refractivity contribution is 0.474. The third-order valence-corrected chi connectivity index (χ3v) is 3.73. The van der Waals surface area contributed by atoms with E-state index in [0.717, 1.165) is 12.2 Å². The lowest BCUT2D eigenvalue weighted by Crippen LogP contribution is -2.02. The summed E-state index contributed by atoms with van der Waals surface area (Å²) in [7, 11) is 0. The zero-order valence-electron chi connectivity index (χ0n) is 10.5. The summed E-state index contributed by atoms with van der Waals surface area (Å²) in [5.74, 6) is 1.83. The van der Waals surface area contributed by atoms with Gasteiger partial charge in [0.15, 0.2) is 0 Å². The van der Waals surface area contributed by atoms with Gasteiger partial charge >= 0.3 is 0 Å². The number of hydrogen-bond donors (Lipinski definition) is 1. The van der Waals surface area contributed by atoms with Gasteiger partial charge in [-0.3, -0.25) is 0 Å². The van der Waals surface area contributed by atoms with Crippen LogP contribution in [0.25, 0.3) is 0 Å². The molecule has 2 heteroatoms. The molecule has 1 atom stereocenters. The fourth-order valence-electron chi connectivity index (χ4n) is 2.19. The Morgan fingerprint density at radius 1 is 1.00 bits per heavy atom. The maximum absolute atomic E-state index is 9.63. The van der Waals surface area contributed by atoms with Crippen molar-refractivity contribution in [1.29, 1.82) is 0 Å². The minimum atomic E-state index is 0.345. The highest BCUT2D eigenvalue weighted by Gasteiger charge is 2.13. The van der Waals surface area contributed by atoms with Crippen LogP contribution in [0.4, 0.5) is 0 Å². The molecule has 0 saturated carbocycles. The van der Waals surface area contributed by atoms with Crippen LogP contribution < -0.4 is 0 Å². The van der Waals surface area contributed by atoms with Crippen LogP contribution in [0.3, 0.4) is 0 Å². The van der Waals surface area contributed by atoms with E-state index in [4.69, 9.17) is 0 Å². The smallest absolute Gasteiger partial charge is 0.115 e. The van der Waals surface area contributed by atoms with Crippen molar-refractivity contribution in [2.45, 2.75) is 12.3 Å². The average molecular weight is 258 g/mol. The van der Waals surface area contributed by atoms with E-state index in [-0.39, 0.29) is 0 Å². The third kappa shape index (κ3) is 3.30. The Bertz CT molecular complexity index is 481. The summed E-state index contributed by atoms with van der Waals surface area (Å²) < 4.78 is 0. The molecule has 0 aliphatic heterocycles. The number of rotatable bonds is 5. The molecule has 1 unspecified atom stereocenters. The molecule has 2 aromatic carbocycles. The molecule has 0 radical (unpaired) electrons. The number of phenols is 1. The summed E-state index contributed by atoms with van der Waals surface area (Å²) in [6, 6.07) is 18.1. The molecule has 0 amide bonds. The van der Waals surface area contributed by atoms with Crippen LogP contribution in [0.1, 0.15) is 23.5 Å². The van der Waals surface area contributed by atoms with Crippen molar-refractivity contribution in [2.24, 2.45) is 0 Å². The first-order valence-corrected chi connectivity index (χ1v) is 7.53. The molecule has 0 aliphatic carbocycles. The lowest BCUT2D eigenvalue weighted by atomic mass is 9.89. The van der Waals surface area contributed by atoms with Crippen LogP contribution in [0.2, 0.25) is 0 Å². The van der Waals surface area contributed by atoms with Crippen molar-refractivity contribution < 1.29 is 5.11 Å². The summed E-state index contributed by atoms with van der Waals surface area (Å²) in [5.41, 5.74) is 2.51. The topological polar surface area (TPSA) is 20.2 Å². The first-order chi connectivity index (χ1) is 8.81. The highest BCUT2D eigenvalue weighted by molar-refractivity contribution is 7.98. The molecule has 94 valence electrons. The normalized spacial score (nSPS) is 12.3. The molecule has 0 saturated heterocycles. The number of benzene rings is 2. The Balaban J connectivity index is 2.31. The predicted molar refractivity (Wildman–Crippen MR) is 79.4 cm³/mol. The molecule has 0 bridgehead atoms. The van der Waals surface area contributed by atoms with Gasteiger partial charge in [0.2, 0.25) is 0 Å². The molecule has 2 rings (SSSR count). The van der Waals surface area contributed by atoms with Gasteiger partial charge < -0.3 is 5.11 Å². The second kappa shape index (κ2) is 6.50. The molecule has 1 N–H and O–H groups in total. The number of phenolic OH excluding ortho intramolecular Hbond substituents is 1. The minimum absolute atomic E-state index is 0.345. The quantitative estimate of drug-likeness (QED) is 0.864. The maximum Gasteiger partial charge on any atom is 0.115 e. The lowest BCUT2D eigenvalue weighted by Gasteiger charge is -2.17. The fraction of sp³-hybridized carbons (Fsp3) is 0.250. The fourth-order valence-corrected chi connectivity index (χ4v) is 2.66. The number of thioether (sulfide) groups is 1. The Labute approximate surface area is 113 Å². The van der Waals surface area contributed by atoms with Crippen molar-refractivity contribution in [3.63, 3.8) is 0 Å². The second-order valence-corrected chi connectivity index (χ2v) is 5.33. The minimum Gasteiger partial charge on any atom is -0.508 e. The van der Waals surface area contributed by atoms with E-state index in [0.29, 0.717) is 11.7 Å².